The van der Waals surface area contributed by atoms with E-state index in [1.54, 1.807) is 18.3 Å². The van der Waals surface area contributed by atoms with E-state index >= 15 is 0 Å². The Morgan fingerprint density at radius 2 is 1.97 bits per heavy atom. The second kappa shape index (κ2) is 11.8. The Bertz CT molecular complexity index is 1040. The molecule has 1 aromatic carbocycles. The highest BCUT2D eigenvalue weighted by atomic mass is 35.5. The van der Waals surface area contributed by atoms with Crippen molar-refractivity contribution in [2.45, 2.75) is 58.1 Å². The smallest absolute Gasteiger partial charge is 0.305 e. The van der Waals surface area contributed by atoms with E-state index in [1.807, 2.05) is 22.4 Å². The van der Waals surface area contributed by atoms with E-state index in [2.05, 4.69) is 22.9 Å². The molecule has 0 N–H and O–H groups in total. The highest BCUT2D eigenvalue weighted by Crippen LogP contribution is 2.32. The Kier molecular flexibility index (Phi) is 8.81. The number of thiazole rings is 1. The van der Waals surface area contributed by atoms with Crippen molar-refractivity contribution in [3.8, 4) is 0 Å². The number of ether oxygens (including phenoxy) is 2. The van der Waals surface area contributed by atoms with Crippen LogP contribution < -0.4 is 0 Å². The lowest BCUT2D eigenvalue weighted by molar-refractivity contribution is -0.143. The van der Waals surface area contributed by atoms with E-state index in [9.17, 15) is 9.59 Å². The average molecular weight is 520 g/mol. The molecule has 0 saturated carbocycles. The quantitative estimate of drug-likeness (QED) is 0.482. The van der Waals surface area contributed by atoms with Crippen LogP contribution in [-0.4, -0.2) is 71.7 Å². The Balaban J connectivity index is 1.32. The van der Waals surface area contributed by atoms with Crippen LogP contribution in [0.1, 0.15) is 59.7 Å². The molecule has 1 spiro atoms. The number of piperidine rings is 1. The van der Waals surface area contributed by atoms with Crippen LogP contribution in [0.2, 0.25) is 5.02 Å². The molecular weight excluding hydrogens is 486 g/mol. The number of likely N-dealkylation sites (tertiary alicyclic amines) is 1. The first-order valence-electron chi connectivity index (χ1n) is 12.4. The van der Waals surface area contributed by atoms with Gasteiger partial charge in [0.05, 0.1) is 30.4 Å². The molecule has 2 aliphatic heterocycles. The molecule has 2 aromatic rings. The number of amides is 1. The molecule has 1 aromatic heterocycles. The molecule has 0 atom stereocenters. The van der Waals surface area contributed by atoms with Gasteiger partial charge in [0.25, 0.3) is 5.91 Å². The van der Waals surface area contributed by atoms with Gasteiger partial charge in [0, 0.05) is 49.4 Å². The fourth-order valence-corrected chi connectivity index (χ4v) is 5.74. The lowest BCUT2D eigenvalue weighted by atomic mass is 9.89. The first-order valence-corrected chi connectivity index (χ1v) is 13.7. The molecular formula is C26H34ClN3O4S. The lowest BCUT2D eigenvalue weighted by Crippen LogP contribution is -2.58. The normalized spacial score (nSPS) is 18.1. The molecule has 190 valence electrons. The predicted molar refractivity (Wildman–Crippen MR) is 137 cm³/mol. The van der Waals surface area contributed by atoms with Gasteiger partial charge in [-0.05, 0) is 30.4 Å². The second-order valence-corrected chi connectivity index (χ2v) is 10.5. The summed E-state index contributed by atoms with van der Waals surface area (Å²) in [5.74, 6) is -0.179. The zero-order valence-electron chi connectivity index (χ0n) is 20.6. The van der Waals surface area contributed by atoms with Crippen molar-refractivity contribution in [3.05, 3.63) is 50.4 Å². The Labute approximate surface area is 216 Å². The second-order valence-electron chi connectivity index (χ2n) is 9.23. The minimum atomic E-state index is -0.289. The summed E-state index contributed by atoms with van der Waals surface area (Å²) in [5.41, 5.74) is 2.35. The number of aromatic nitrogens is 1. The van der Waals surface area contributed by atoms with Gasteiger partial charge in [-0.3, -0.25) is 14.5 Å². The van der Waals surface area contributed by atoms with Crippen LogP contribution in [0.3, 0.4) is 0 Å². The van der Waals surface area contributed by atoms with Crippen LogP contribution >= 0.6 is 22.9 Å². The number of carbonyl (C=O) groups excluding carboxylic acids is 2. The van der Waals surface area contributed by atoms with E-state index in [-0.39, 0.29) is 17.5 Å². The summed E-state index contributed by atoms with van der Waals surface area (Å²) in [6.45, 7) is 8.50. The number of benzene rings is 1. The molecule has 2 fully saturated rings. The summed E-state index contributed by atoms with van der Waals surface area (Å²) >= 11 is 8.25. The molecule has 1 amide bonds. The highest BCUT2D eigenvalue weighted by molar-refractivity contribution is 7.09. The number of esters is 1. The third kappa shape index (κ3) is 6.42. The fraction of sp³-hybridized carbons (Fsp3) is 0.577. The number of morpholine rings is 1. The van der Waals surface area contributed by atoms with Crippen LogP contribution in [0.4, 0.5) is 0 Å². The molecule has 9 heteroatoms. The number of rotatable bonds is 8. The Morgan fingerprint density at radius 1 is 1.20 bits per heavy atom. The monoisotopic (exact) mass is 519 g/mol. The van der Waals surface area contributed by atoms with E-state index < -0.39 is 0 Å². The molecule has 0 unspecified atom stereocenters. The number of carbonyl (C=O) groups is 2. The molecule has 2 aliphatic rings. The predicted octanol–water partition coefficient (Wildman–Crippen LogP) is 4.36. The summed E-state index contributed by atoms with van der Waals surface area (Å²) < 4.78 is 11.5. The number of hydrogen-bond donors (Lipinski definition) is 0. The summed E-state index contributed by atoms with van der Waals surface area (Å²) in [5, 5.41) is 3.62. The summed E-state index contributed by atoms with van der Waals surface area (Å²) in [6, 6.07) is 6.06. The third-order valence-corrected chi connectivity index (χ3v) is 8.33. The lowest BCUT2D eigenvalue weighted by Gasteiger charge is -2.47. The Morgan fingerprint density at radius 3 is 2.69 bits per heavy atom. The minimum absolute atomic E-state index is 0.0132. The number of aryl methyl sites for hydroxylation is 1. The van der Waals surface area contributed by atoms with Crippen LogP contribution in [0.5, 0.6) is 0 Å². The molecule has 0 aliphatic carbocycles. The van der Waals surface area contributed by atoms with E-state index in [0.29, 0.717) is 44.8 Å². The largest absolute Gasteiger partial charge is 0.465 e. The van der Waals surface area contributed by atoms with Crippen molar-refractivity contribution in [2.75, 3.05) is 39.4 Å². The highest BCUT2D eigenvalue weighted by Gasteiger charge is 2.41. The number of nitrogens with zero attached hydrogens (tertiary/aromatic N) is 3. The third-order valence-electron chi connectivity index (χ3n) is 6.85. The SMILES string of the molecule is CCC(=O)OCCc1cccc(CN2CCC3(CC2)CN(C(=O)c2csc(CC)n2)CCO3)c1Cl. The van der Waals surface area contributed by atoms with Crippen molar-refractivity contribution >= 4 is 34.8 Å². The van der Waals surface area contributed by atoms with Gasteiger partial charge in [-0.2, -0.15) is 0 Å². The van der Waals surface area contributed by atoms with Gasteiger partial charge in [-0.15, -0.1) is 11.3 Å². The van der Waals surface area contributed by atoms with Gasteiger partial charge in [0.1, 0.15) is 5.69 Å². The van der Waals surface area contributed by atoms with Crippen molar-refractivity contribution < 1.29 is 19.1 Å². The molecule has 2 saturated heterocycles. The molecule has 7 nitrogen and oxygen atoms in total. The minimum Gasteiger partial charge on any atom is -0.465 e. The first kappa shape index (κ1) is 26.1. The summed E-state index contributed by atoms with van der Waals surface area (Å²) in [4.78, 5) is 33.2. The summed E-state index contributed by atoms with van der Waals surface area (Å²) in [7, 11) is 0. The number of halogens is 1. The van der Waals surface area contributed by atoms with E-state index in [1.165, 1.54) is 0 Å². The molecule has 35 heavy (non-hydrogen) atoms. The van der Waals surface area contributed by atoms with Gasteiger partial charge in [-0.25, -0.2) is 4.98 Å². The van der Waals surface area contributed by atoms with E-state index in [0.717, 1.165) is 60.1 Å². The molecule has 0 bridgehead atoms. The van der Waals surface area contributed by atoms with Crippen molar-refractivity contribution in [3.63, 3.8) is 0 Å². The first-order chi connectivity index (χ1) is 16.9. The zero-order valence-corrected chi connectivity index (χ0v) is 22.1. The van der Waals surface area contributed by atoms with Crippen LogP contribution in [0, 0.1) is 0 Å². The maximum absolute atomic E-state index is 13.0. The molecule has 4 rings (SSSR count). The van der Waals surface area contributed by atoms with Gasteiger partial charge >= 0.3 is 5.97 Å². The number of hydrogen-bond acceptors (Lipinski definition) is 7. The molecule has 0 radical (unpaired) electrons. The van der Waals surface area contributed by atoms with Gasteiger partial charge in [-0.1, -0.05) is 43.6 Å². The van der Waals surface area contributed by atoms with Gasteiger partial charge < -0.3 is 14.4 Å². The Hall–Kier alpha value is -2.00. The van der Waals surface area contributed by atoms with Crippen LogP contribution in [0.25, 0.3) is 0 Å². The van der Waals surface area contributed by atoms with Crippen molar-refractivity contribution in [1.82, 2.24) is 14.8 Å². The maximum atomic E-state index is 13.0. The summed E-state index contributed by atoms with van der Waals surface area (Å²) in [6.07, 6.45) is 3.58. The standard InChI is InChI=1S/C26H34ClN3O4S/c1-3-22-28-21(17-35-22)25(32)30-13-15-34-26(18-30)9-11-29(12-10-26)16-20-7-5-6-19(24(20)27)8-14-33-23(31)4-2/h5-7,17H,3-4,8-16,18H2,1-2H3. The topological polar surface area (TPSA) is 72.0 Å². The zero-order chi connectivity index (χ0) is 24.8. The van der Waals surface area contributed by atoms with E-state index in [4.69, 9.17) is 21.1 Å². The maximum Gasteiger partial charge on any atom is 0.305 e. The fourth-order valence-electron chi connectivity index (χ4n) is 4.74. The molecule has 3 heterocycles. The van der Waals surface area contributed by atoms with Crippen molar-refractivity contribution in [2.24, 2.45) is 0 Å². The van der Waals surface area contributed by atoms with Gasteiger partial charge in [0.15, 0.2) is 0 Å². The van der Waals surface area contributed by atoms with Crippen LogP contribution in [-0.2, 0) is 33.7 Å². The average Bonchev–Trinajstić information content (AvgIpc) is 3.36. The van der Waals surface area contributed by atoms with Crippen LogP contribution in [0.15, 0.2) is 23.6 Å². The van der Waals surface area contributed by atoms with Gasteiger partial charge in [0.2, 0.25) is 0 Å². The van der Waals surface area contributed by atoms with Crippen molar-refractivity contribution in [1.29, 1.82) is 0 Å².